The maximum Gasteiger partial charge on any atom is 0.115 e. The largest absolute Gasteiger partial charge is 0.394 e. The van der Waals surface area contributed by atoms with Gasteiger partial charge in [0.2, 0.25) is 0 Å². The van der Waals surface area contributed by atoms with E-state index in [4.69, 9.17) is 5.11 Å². The van der Waals surface area contributed by atoms with Gasteiger partial charge in [-0.15, -0.1) is 0 Å². The van der Waals surface area contributed by atoms with E-state index in [2.05, 4.69) is 74.1 Å². The Hall–Kier alpha value is 0.370. The van der Waals surface area contributed by atoms with Gasteiger partial charge in [-0.05, 0) is 63.7 Å². The van der Waals surface area contributed by atoms with Gasteiger partial charge >= 0.3 is 0 Å². The summed E-state index contributed by atoms with van der Waals surface area (Å²) in [5.41, 5.74) is 4.78. The highest BCUT2D eigenvalue weighted by atomic mass is 79.9. The van der Waals surface area contributed by atoms with Crippen molar-refractivity contribution in [1.29, 1.82) is 0 Å². The molecule has 1 heterocycles. The predicted octanol–water partition coefficient (Wildman–Crippen LogP) is 3.62. The van der Waals surface area contributed by atoms with E-state index in [1.807, 2.05) is 0 Å². The fourth-order valence-electron chi connectivity index (χ4n) is 1.41. The minimum atomic E-state index is 0.0656. The zero-order valence-electron chi connectivity index (χ0n) is 8.35. The minimum Gasteiger partial charge on any atom is -0.394 e. The van der Waals surface area contributed by atoms with Crippen molar-refractivity contribution < 1.29 is 5.11 Å². The molecule has 1 aromatic carbocycles. The molecular formula is C9H7Br4N3O. The van der Waals surface area contributed by atoms with Crippen molar-refractivity contribution in [2.45, 2.75) is 0 Å². The van der Waals surface area contributed by atoms with Gasteiger partial charge in [0.1, 0.15) is 17.4 Å². The van der Waals surface area contributed by atoms with Gasteiger partial charge in [0.25, 0.3) is 0 Å². The Morgan fingerprint density at radius 2 is 1.76 bits per heavy atom. The van der Waals surface area contributed by atoms with E-state index in [9.17, 15) is 0 Å². The molecule has 0 atom stereocenters. The first-order chi connectivity index (χ1) is 8.07. The zero-order valence-corrected chi connectivity index (χ0v) is 14.7. The number of aliphatic hydroxyl groups excluding tert-OH is 1. The number of aromatic nitrogens is 2. The molecule has 2 rings (SSSR count). The van der Waals surface area contributed by atoms with Crippen LogP contribution in [-0.4, -0.2) is 27.9 Å². The number of nitrogens with one attached hydrogen (secondary N) is 1. The number of benzene rings is 1. The number of aliphatic hydroxyl groups is 1. The van der Waals surface area contributed by atoms with Crippen molar-refractivity contribution in [1.82, 2.24) is 9.66 Å². The van der Waals surface area contributed by atoms with E-state index in [0.717, 1.165) is 28.9 Å². The van der Waals surface area contributed by atoms with Gasteiger partial charge in [-0.25, -0.2) is 9.66 Å². The van der Waals surface area contributed by atoms with Gasteiger partial charge in [-0.1, -0.05) is 0 Å². The molecule has 0 fully saturated rings. The van der Waals surface area contributed by atoms with E-state index in [1.165, 1.54) is 0 Å². The summed E-state index contributed by atoms with van der Waals surface area (Å²) >= 11 is 14.0. The molecular weight excluding hydrogens is 486 g/mol. The summed E-state index contributed by atoms with van der Waals surface area (Å²) in [6.45, 7) is 0.527. The van der Waals surface area contributed by atoms with Gasteiger partial charge in [0.15, 0.2) is 0 Å². The molecule has 0 spiro atoms. The lowest BCUT2D eigenvalue weighted by molar-refractivity contribution is 0.307. The first kappa shape index (κ1) is 13.8. The average Bonchev–Trinajstić information content (AvgIpc) is 2.75. The molecule has 1 aromatic heterocycles. The minimum absolute atomic E-state index is 0.0656. The number of imidazole rings is 1. The Kier molecular flexibility index (Phi) is 4.51. The van der Waals surface area contributed by atoms with Crippen LogP contribution in [0.1, 0.15) is 0 Å². The number of halogens is 4. The van der Waals surface area contributed by atoms with Crippen molar-refractivity contribution in [2.75, 3.05) is 18.6 Å². The topological polar surface area (TPSA) is 50.1 Å². The molecule has 2 N–H and O–H groups in total. The van der Waals surface area contributed by atoms with Crippen LogP contribution in [0.5, 0.6) is 0 Å². The maximum absolute atomic E-state index is 8.83. The van der Waals surface area contributed by atoms with Gasteiger partial charge in [0, 0.05) is 8.95 Å². The SMILES string of the molecule is OCCNn1cnc2c(Br)c(Br)c(Br)c(Br)c21. The third kappa shape index (κ3) is 2.42. The van der Waals surface area contributed by atoms with Crippen molar-refractivity contribution in [2.24, 2.45) is 0 Å². The van der Waals surface area contributed by atoms with Crippen LogP contribution in [-0.2, 0) is 0 Å². The van der Waals surface area contributed by atoms with Crippen molar-refractivity contribution in [3.05, 3.63) is 24.2 Å². The second-order valence-corrected chi connectivity index (χ2v) is 6.37. The number of fused-ring (bicyclic) bond motifs is 1. The van der Waals surface area contributed by atoms with Gasteiger partial charge in [0.05, 0.1) is 22.1 Å². The molecule has 0 aliphatic heterocycles. The highest BCUT2D eigenvalue weighted by Gasteiger charge is 2.17. The number of nitrogens with zero attached hydrogens (tertiary/aromatic N) is 2. The summed E-state index contributed by atoms with van der Waals surface area (Å²) < 4.78 is 5.36. The monoisotopic (exact) mass is 489 g/mol. The lowest BCUT2D eigenvalue weighted by atomic mass is 10.3. The van der Waals surface area contributed by atoms with Crippen LogP contribution in [0.25, 0.3) is 11.0 Å². The summed E-state index contributed by atoms with van der Waals surface area (Å²) in [5.74, 6) is 0. The summed E-state index contributed by atoms with van der Waals surface area (Å²) in [6.07, 6.45) is 1.68. The third-order valence-corrected chi connectivity index (χ3v) is 6.88. The normalized spacial score (nSPS) is 11.1. The molecule has 0 aliphatic rings. The second-order valence-electron chi connectivity index (χ2n) is 3.20. The number of hydrogen-bond acceptors (Lipinski definition) is 3. The Morgan fingerprint density at radius 1 is 1.12 bits per heavy atom. The molecule has 0 radical (unpaired) electrons. The van der Waals surface area contributed by atoms with E-state index in [1.54, 1.807) is 11.0 Å². The van der Waals surface area contributed by atoms with Crippen LogP contribution >= 0.6 is 63.7 Å². The highest BCUT2D eigenvalue weighted by molar-refractivity contribution is 9.15. The molecule has 0 amide bonds. The van der Waals surface area contributed by atoms with E-state index in [0.29, 0.717) is 6.54 Å². The standard InChI is InChI=1S/C9H7Br4N3O/c10-4-5(11)7(13)9-8(6(4)12)14-3-16(9)15-1-2-17/h3,15,17H,1-2H2. The molecule has 2 aromatic rings. The third-order valence-electron chi connectivity index (χ3n) is 2.16. The predicted molar refractivity (Wildman–Crippen MR) is 81.8 cm³/mol. The Balaban J connectivity index is 2.67. The molecule has 0 bridgehead atoms. The zero-order chi connectivity index (χ0) is 12.6. The highest BCUT2D eigenvalue weighted by Crippen LogP contribution is 2.42. The second kappa shape index (κ2) is 5.56. The summed E-state index contributed by atoms with van der Waals surface area (Å²) in [4.78, 5) is 4.33. The lowest BCUT2D eigenvalue weighted by Crippen LogP contribution is -2.17. The Morgan fingerprint density at radius 3 is 2.41 bits per heavy atom. The van der Waals surface area contributed by atoms with Crippen LogP contribution in [0.2, 0.25) is 0 Å². The van der Waals surface area contributed by atoms with E-state index in [-0.39, 0.29) is 6.61 Å². The Bertz CT molecular complexity index is 569. The van der Waals surface area contributed by atoms with Gasteiger partial charge in [-0.2, -0.15) is 0 Å². The first-order valence-electron chi connectivity index (χ1n) is 4.61. The van der Waals surface area contributed by atoms with Crippen LogP contribution in [0, 0.1) is 0 Å². The van der Waals surface area contributed by atoms with Crippen LogP contribution in [0.4, 0.5) is 0 Å². The number of rotatable bonds is 3. The van der Waals surface area contributed by atoms with Gasteiger partial charge < -0.3 is 10.5 Å². The number of hydrogen-bond donors (Lipinski definition) is 2. The lowest BCUT2D eigenvalue weighted by Gasteiger charge is -2.10. The van der Waals surface area contributed by atoms with Crippen LogP contribution in [0.15, 0.2) is 24.2 Å². The first-order valence-corrected chi connectivity index (χ1v) is 7.78. The van der Waals surface area contributed by atoms with Crippen molar-refractivity contribution in [3.63, 3.8) is 0 Å². The molecule has 0 saturated heterocycles. The van der Waals surface area contributed by atoms with Crippen molar-refractivity contribution >= 4 is 74.8 Å². The summed E-state index contributed by atoms with van der Waals surface area (Å²) in [7, 11) is 0. The average molecular weight is 493 g/mol. The fourth-order valence-corrected chi connectivity index (χ4v) is 3.78. The summed E-state index contributed by atoms with van der Waals surface area (Å²) in [6, 6.07) is 0. The van der Waals surface area contributed by atoms with Crippen LogP contribution < -0.4 is 5.43 Å². The Labute approximate surface area is 131 Å². The van der Waals surface area contributed by atoms with Crippen LogP contribution in [0.3, 0.4) is 0 Å². The molecule has 0 aliphatic carbocycles. The summed E-state index contributed by atoms with van der Waals surface area (Å²) in [5, 5.41) is 8.83. The van der Waals surface area contributed by atoms with E-state index < -0.39 is 0 Å². The molecule has 0 unspecified atom stereocenters. The quantitative estimate of drug-likeness (QED) is 0.508. The van der Waals surface area contributed by atoms with Crippen molar-refractivity contribution in [3.8, 4) is 0 Å². The maximum atomic E-state index is 8.83. The van der Waals surface area contributed by atoms with Gasteiger partial charge in [-0.3, -0.25) is 0 Å². The smallest absolute Gasteiger partial charge is 0.115 e. The van der Waals surface area contributed by atoms with E-state index >= 15 is 0 Å². The fraction of sp³-hybridized carbons (Fsp3) is 0.222. The molecule has 92 valence electrons. The molecule has 4 nitrogen and oxygen atoms in total. The molecule has 0 saturated carbocycles. The molecule has 17 heavy (non-hydrogen) atoms. The molecule has 8 heteroatoms.